The molecule has 0 N–H and O–H groups in total. The van der Waals surface area contributed by atoms with E-state index >= 15 is 0 Å². The Labute approximate surface area is 168 Å². The number of thiophene rings is 3. The van der Waals surface area contributed by atoms with Crippen molar-refractivity contribution in [3.8, 4) is 19.8 Å². The quantitative estimate of drug-likeness (QED) is 0.228. The second kappa shape index (κ2) is 5.80. The summed E-state index contributed by atoms with van der Waals surface area (Å²) in [4.78, 5) is 2.91. The van der Waals surface area contributed by atoms with E-state index in [4.69, 9.17) is 0 Å². The number of benzene rings is 1. The van der Waals surface area contributed by atoms with E-state index in [-0.39, 0.29) is 0 Å². The molecule has 0 radical (unpaired) electrons. The van der Waals surface area contributed by atoms with E-state index in [0.29, 0.717) is 29.0 Å². The van der Waals surface area contributed by atoms with Crippen LogP contribution >= 0.6 is 34.0 Å². The van der Waals surface area contributed by atoms with Crippen LogP contribution in [0.2, 0.25) is 0 Å². The topological polar surface area (TPSA) is 0 Å². The summed E-state index contributed by atoms with van der Waals surface area (Å²) in [5.74, 6) is 0. The molecule has 0 unspecified atom stereocenters. The van der Waals surface area contributed by atoms with Gasteiger partial charge in [-0.15, -0.1) is 0 Å². The molecule has 1 aromatic carbocycles. The Hall–Kier alpha value is -0.901. The monoisotopic (exact) mass is 506 g/mol. The average Bonchev–Trinajstić information content (AvgIpc) is 3.39. The van der Waals surface area contributed by atoms with Crippen LogP contribution in [0.3, 0.4) is 0 Å². The molecule has 6 aromatic rings. The zero-order valence-corrected chi connectivity index (χ0v) is 18.7. The Morgan fingerprint density at radius 2 is 1.52 bits per heavy atom. The van der Waals surface area contributed by atoms with Crippen LogP contribution < -0.4 is 0 Å². The summed E-state index contributed by atoms with van der Waals surface area (Å²) >= 11 is 6.78. The maximum absolute atomic E-state index is 2.32. The van der Waals surface area contributed by atoms with Gasteiger partial charge in [0.05, 0.1) is 0 Å². The van der Waals surface area contributed by atoms with Gasteiger partial charge in [-0.1, -0.05) is 0 Å². The summed E-state index contributed by atoms with van der Waals surface area (Å²) in [5.41, 5.74) is 1.54. The molecule has 5 heterocycles. The molecule has 0 aliphatic carbocycles. The van der Waals surface area contributed by atoms with E-state index in [0.717, 1.165) is 0 Å². The SMILES string of the molecule is c1csc(-c2[se]c3[se]c4sc5ccccc5c4c3c2-c2cccs2)c1. The number of hydrogen-bond donors (Lipinski definition) is 0. The van der Waals surface area contributed by atoms with Gasteiger partial charge in [0.2, 0.25) is 0 Å². The predicted molar refractivity (Wildman–Crippen MR) is 117 cm³/mol. The number of rotatable bonds is 2. The molecule has 0 atom stereocenters. The van der Waals surface area contributed by atoms with Crippen molar-refractivity contribution in [3.63, 3.8) is 0 Å². The van der Waals surface area contributed by atoms with Crippen molar-refractivity contribution in [1.29, 1.82) is 0 Å². The van der Waals surface area contributed by atoms with Gasteiger partial charge in [0, 0.05) is 0 Å². The molecule has 6 rings (SSSR count). The third-order valence-corrected chi connectivity index (χ3v) is 14.0. The van der Waals surface area contributed by atoms with Crippen molar-refractivity contribution in [2.45, 2.75) is 0 Å². The van der Waals surface area contributed by atoms with Gasteiger partial charge in [0.15, 0.2) is 0 Å². The van der Waals surface area contributed by atoms with Crippen LogP contribution in [-0.4, -0.2) is 29.0 Å². The Balaban J connectivity index is 1.84. The first-order valence-electron chi connectivity index (χ1n) is 7.84. The van der Waals surface area contributed by atoms with Crippen molar-refractivity contribution < 1.29 is 0 Å². The minimum atomic E-state index is 0.472. The average molecular weight is 504 g/mol. The predicted octanol–water partition coefficient (Wildman–Crippen LogP) is 6.78. The molecule has 0 aliphatic heterocycles. The summed E-state index contributed by atoms with van der Waals surface area (Å²) in [6.07, 6.45) is 0. The van der Waals surface area contributed by atoms with E-state index in [1.165, 1.54) is 25.4 Å². The van der Waals surface area contributed by atoms with Crippen molar-refractivity contribution in [2.24, 2.45) is 0 Å². The zero-order valence-electron chi connectivity index (χ0n) is 12.8. The molecule has 5 heteroatoms. The third-order valence-electron chi connectivity index (χ3n) is 4.39. The summed E-state index contributed by atoms with van der Waals surface area (Å²) in [7, 11) is 0. The van der Waals surface area contributed by atoms with Gasteiger partial charge in [0.25, 0.3) is 0 Å². The molecule has 0 aliphatic rings. The first kappa shape index (κ1) is 15.2. The zero-order chi connectivity index (χ0) is 16.4. The molecule has 0 saturated carbocycles. The van der Waals surface area contributed by atoms with Gasteiger partial charge in [0.1, 0.15) is 0 Å². The van der Waals surface area contributed by atoms with Crippen molar-refractivity contribution in [1.82, 2.24) is 0 Å². The van der Waals surface area contributed by atoms with Gasteiger partial charge in [-0.25, -0.2) is 0 Å². The standard InChI is InChI=1S/C20H10S3Se2/c1-2-6-12-11(5-1)15-17-16(13-7-3-9-21-13)18(14-8-4-10-22-14)24-20(17)25-19(15)23-12/h1-10H. The van der Waals surface area contributed by atoms with Gasteiger partial charge in [-0.05, 0) is 0 Å². The van der Waals surface area contributed by atoms with Crippen LogP contribution in [0.5, 0.6) is 0 Å². The third kappa shape index (κ3) is 2.22. The molecule has 0 nitrogen and oxygen atoms in total. The van der Waals surface area contributed by atoms with Gasteiger partial charge < -0.3 is 0 Å². The first-order chi connectivity index (χ1) is 12.4. The first-order valence-corrected chi connectivity index (χ1v) is 13.8. The van der Waals surface area contributed by atoms with Crippen molar-refractivity contribution in [3.05, 3.63) is 59.3 Å². The normalized spacial score (nSPS) is 12.0. The maximum atomic E-state index is 2.32. The molecular formula is C20H10S3Se2. The number of fused-ring (bicyclic) bond motifs is 5. The van der Waals surface area contributed by atoms with Crippen LogP contribution in [0.15, 0.2) is 59.3 Å². The molecular weight excluding hydrogens is 494 g/mol. The molecule has 0 amide bonds. The van der Waals surface area contributed by atoms with Crippen LogP contribution in [0.25, 0.3) is 47.3 Å². The Morgan fingerprint density at radius 3 is 2.32 bits per heavy atom. The Bertz CT molecular complexity index is 1330. The fourth-order valence-corrected chi connectivity index (χ4v) is 14.4. The molecule has 0 spiro atoms. The summed E-state index contributed by atoms with van der Waals surface area (Å²) in [5, 5.41) is 9.05. The molecule has 0 saturated heterocycles. The van der Waals surface area contributed by atoms with E-state index in [9.17, 15) is 0 Å². The van der Waals surface area contributed by atoms with Crippen molar-refractivity contribution >= 4 is 90.6 Å². The summed E-state index contributed by atoms with van der Waals surface area (Å²) in [6.45, 7) is 0. The Morgan fingerprint density at radius 1 is 0.720 bits per heavy atom. The fourth-order valence-electron chi connectivity index (χ4n) is 3.36. The molecule has 25 heavy (non-hydrogen) atoms. The van der Waals surface area contributed by atoms with Gasteiger partial charge >= 0.3 is 170 Å². The second-order valence-electron chi connectivity index (χ2n) is 5.79. The van der Waals surface area contributed by atoms with E-state index < -0.39 is 0 Å². The van der Waals surface area contributed by atoms with Crippen LogP contribution in [0.4, 0.5) is 0 Å². The van der Waals surface area contributed by atoms with Crippen LogP contribution in [0, 0.1) is 0 Å². The molecule has 120 valence electrons. The van der Waals surface area contributed by atoms with Gasteiger partial charge in [-0.2, -0.15) is 0 Å². The second-order valence-corrected chi connectivity index (χ2v) is 14.9. The van der Waals surface area contributed by atoms with Crippen LogP contribution in [-0.2, 0) is 0 Å². The van der Waals surface area contributed by atoms with Crippen LogP contribution in [0.1, 0.15) is 0 Å². The summed E-state index contributed by atoms with van der Waals surface area (Å²) in [6, 6.07) is 17.9. The molecule has 0 fully saturated rings. The van der Waals surface area contributed by atoms with Crippen molar-refractivity contribution in [2.75, 3.05) is 0 Å². The van der Waals surface area contributed by atoms with E-state index in [1.807, 2.05) is 34.0 Å². The fraction of sp³-hybridized carbons (Fsp3) is 0. The minimum absolute atomic E-state index is 0.472. The van der Waals surface area contributed by atoms with Gasteiger partial charge in [-0.3, -0.25) is 0 Å². The molecule has 0 bridgehead atoms. The van der Waals surface area contributed by atoms with E-state index in [1.54, 1.807) is 21.9 Å². The summed E-state index contributed by atoms with van der Waals surface area (Å²) < 4.78 is 6.44. The number of hydrogen-bond acceptors (Lipinski definition) is 3. The van der Waals surface area contributed by atoms with E-state index in [2.05, 4.69) is 59.3 Å². The Kier molecular flexibility index (Phi) is 3.52. The molecule has 5 aromatic heterocycles.